The Balaban J connectivity index is 1.72. The van der Waals surface area contributed by atoms with Crippen molar-refractivity contribution >= 4 is 48.9 Å². The van der Waals surface area contributed by atoms with Crippen molar-refractivity contribution in [3.8, 4) is 0 Å². The molecule has 1 aliphatic rings. The number of rotatable bonds is 4. The highest BCUT2D eigenvalue weighted by molar-refractivity contribution is 9.11. The summed E-state index contributed by atoms with van der Waals surface area (Å²) in [5, 5.41) is 2.96. The quantitative estimate of drug-likeness (QED) is 0.750. The van der Waals surface area contributed by atoms with Crippen molar-refractivity contribution in [1.29, 1.82) is 0 Å². The van der Waals surface area contributed by atoms with Crippen LogP contribution in [0.25, 0.3) is 0 Å². The van der Waals surface area contributed by atoms with E-state index in [0.29, 0.717) is 23.6 Å². The monoisotopic (exact) mass is 456 g/mol. The molecule has 5 nitrogen and oxygen atoms in total. The standard InChI is InChI=1S/C18H21BrN2O3S2/c1-12-5-6-15(13(2)10-12)20-18(22)14-4-3-9-21(11-14)26(23,24)17-8-7-16(19)25-17/h5-8,10,14H,3-4,9,11H2,1-2H3,(H,20,22). The summed E-state index contributed by atoms with van der Waals surface area (Å²) in [6.07, 6.45) is 1.37. The van der Waals surface area contributed by atoms with Crippen molar-refractivity contribution < 1.29 is 13.2 Å². The van der Waals surface area contributed by atoms with Gasteiger partial charge in [-0.1, -0.05) is 17.7 Å². The van der Waals surface area contributed by atoms with Crippen LogP contribution in [0.5, 0.6) is 0 Å². The number of carbonyl (C=O) groups is 1. The van der Waals surface area contributed by atoms with Crippen LogP contribution in [0, 0.1) is 19.8 Å². The van der Waals surface area contributed by atoms with E-state index in [1.807, 2.05) is 32.0 Å². The Bertz CT molecular complexity index is 924. The van der Waals surface area contributed by atoms with Gasteiger partial charge in [0.2, 0.25) is 5.91 Å². The number of amides is 1. The molecule has 0 radical (unpaired) electrons. The molecule has 26 heavy (non-hydrogen) atoms. The summed E-state index contributed by atoms with van der Waals surface area (Å²) in [5.41, 5.74) is 2.92. The molecule has 140 valence electrons. The van der Waals surface area contributed by atoms with Gasteiger partial charge in [0, 0.05) is 18.8 Å². The van der Waals surface area contributed by atoms with Crippen molar-refractivity contribution in [3.05, 3.63) is 45.2 Å². The van der Waals surface area contributed by atoms with Gasteiger partial charge in [-0.25, -0.2) is 8.42 Å². The molecule has 2 aromatic rings. The predicted molar refractivity (Wildman–Crippen MR) is 108 cm³/mol. The van der Waals surface area contributed by atoms with Gasteiger partial charge in [-0.3, -0.25) is 4.79 Å². The number of hydrogen-bond acceptors (Lipinski definition) is 4. The first kappa shape index (κ1) is 19.5. The second-order valence-electron chi connectivity index (χ2n) is 6.57. The molecule has 1 aliphatic heterocycles. The second-order valence-corrected chi connectivity index (χ2v) is 11.2. The van der Waals surface area contributed by atoms with Gasteiger partial charge in [-0.2, -0.15) is 4.31 Å². The highest BCUT2D eigenvalue weighted by atomic mass is 79.9. The van der Waals surface area contributed by atoms with Crippen molar-refractivity contribution in [2.45, 2.75) is 30.9 Å². The third kappa shape index (κ3) is 4.19. The summed E-state index contributed by atoms with van der Waals surface area (Å²) in [7, 11) is -3.55. The summed E-state index contributed by atoms with van der Waals surface area (Å²) in [6, 6.07) is 9.19. The normalized spacial score (nSPS) is 18.7. The molecule has 0 spiro atoms. The average molecular weight is 457 g/mol. The molecule has 8 heteroatoms. The van der Waals surface area contributed by atoms with Gasteiger partial charge in [0.15, 0.2) is 0 Å². The van der Waals surface area contributed by atoms with E-state index in [2.05, 4.69) is 21.2 Å². The SMILES string of the molecule is Cc1ccc(NC(=O)C2CCCN(S(=O)(=O)c3ccc(Br)s3)C2)c(C)c1. The lowest BCUT2D eigenvalue weighted by Gasteiger charge is -2.31. The van der Waals surface area contributed by atoms with Crippen LogP contribution in [0.4, 0.5) is 5.69 Å². The second kappa shape index (κ2) is 7.80. The molecule has 1 N–H and O–H groups in total. The van der Waals surface area contributed by atoms with E-state index < -0.39 is 10.0 Å². The highest BCUT2D eigenvalue weighted by Crippen LogP contribution is 2.31. The van der Waals surface area contributed by atoms with Gasteiger partial charge in [0.1, 0.15) is 4.21 Å². The number of nitrogens with one attached hydrogen (secondary N) is 1. The highest BCUT2D eigenvalue weighted by Gasteiger charge is 2.34. The largest absolute Gasteiger partial charge is 0.326 e. The van der Waals surface area contributed by atoms with E-state index >= 15 is 0 Å². The number of sulfonamides is 1. The Morgan fingerprint density at radius 2 is 2.04 bits per heavy atom. The van der Waals surface area contributed by atoms with Crippen LogP contribution in [0.3, 0.4) is 0 Å². The Hall–Kier alpha value is -1.22. The Morgan fingerprint density at radius 1 is 1.27 bits per heavy atom. The van der Waals surface area contributed by atoms with Crippen molar-refractivity contribution in [3.63, 3.8) is 0 Å². The molecule has 1 aromatic carbocycles. The maximum Gasteiger partial charge on any atom is 0.252 e. The molecule has 0 aliphatic carbocycles. The summed E-state index contributed by atoms with van der Waals surface area (Å²) >= 11 is 4.49. The van der Waals surface area contributed by atoms with E-state index in [1.54, 1.807) is 12.1 Å². The molecular formula is C18H21BrN2O3S2. The van der Waals surface area contributed by atoms with Crippen LogP contribution in [0.2, 0.25) is 0 Å². The zero-order valence-corrected chi connectivity index (χ0v) is 17.9. The molecule has 1 amide bonds. The number of aryl methyl sites for hydroxylation is 2. The van der Waals surface area contributed by atoms with Gasteiger partial charge >= 0.3 is 0 Å². The summed E-state index contributed by atoms with van der Waals surface area (Å²) in [6.45, 7) is 4.63. The minimum atomic E-state index is -3.55. The molecular weight excluding hydrogens is 436 g/mol. The molecule has 0 bridgehead atoms. The van der Waals surface area contributed by atoms with Gasteiger partial charge in [0.25, 0.3) is 10.0 Å². The lowest BCUT2D eigenvalue weighted by atomic mass is 9.98. The van der Waals surface area contributed by atoms with Crippen molar-refractivity contribution in [2.75, 3.05) is 18.4 Å². The third-order valence-corrected chi connectivity index (χ3v) is 8.49. The van der Waals surface area contributed by atoms with Crippen LogP contribution in [0.15, 0.2) is 38.3 Å². The van der Waals surface area contributed by atoms with E-state index in [0.717, 1.165) is 20.6 Å². The van der Waals surface area contributed by atoms with E-state index in [4.69, 9.17) is 0 Å². The zero-order valence-electron chi connectivity index (χ0n) is 14.7. The van der Waals surface area contributed by atoms with E-state index in [9.17, 15) is 13.2 Å². The molecule has 1 saturated heterocycles. The summed E-state index contributed by atoms with van der Waals surface area (Å²) in [5.74, 6) is -0.466. The third-order valence-electron chi connectivity index (χ3n) is 4.54. The fraction of sp³-hybridized carbons (Fsp3) is 0.389. The zero-order chi connectivity index (χ0) is 18.9. The Labute approximate surface area is 166 Å². The average Bonchev–Trinajstić information content (AvgIpc) is 3.05. The van der Waals surface area contributed by atoms with Gasteiger partial charge < -0.3 is 5.32 Å². The smallest absolute Gasteiger partial charge is 0.252 e. The predicted octanol–water partition coefficient (Wildman–Crippen LogP) is 4.17. The van der Waals surface area contributed by atoms with Crippen LogP contribution >= 0.6 is 27.3 Å². The fourth-order valence-corrected chi connectivity index (χ4v) is 6.82. The van der Waals surface area contributed by atoms with Gasteiger partial charge in [0.05, 0.1) is 9.70 Å². The minimum Gasteiger partial charge on any atom is -0.326 e. The van der Waals surface area contributed by atoms with Crippen LogP contribution in [-0.2, 0) is 14.8 Å². The maximum absolute atomic E-state index is 12.8. The number of anilines is 1. The van der Waals surface area contributed by atoms with Crippen LogP contribution < -0.4 is 5.32 Å². The van der Waals surface area contributed by atoms with Gasteiger partial charge in [-0.15, -0.1) is 11.3 Å². The lowest BCUT2D eigenvalue weighted by Crippen LogP contribution is -2.43. The summed E-state index contributed by atoms with van der Waals surface area (Å²) < 4.78 is 28.1. The number of hydrogen-bond donors (Lipinski definition) is 1. The molecule has 2 heterocycles. The van der Waals surface area contributed by atoms with Gasteiger partial charge in [-0.05, 0) is 66.4 Å². The van der Waals surface area contributed by atoms with E-state index in [-0.39, 0.29) is 18.4 Å². The number of thiophene rings is 1. The van der Waals surface area contributed by atoms with Crippen LogP contribution in [-0.4, -0.2) is 31.7 Å². The minimum absolute atomic E-state index is 0.121. The first-order chi connectivity index (χ1) is 12.3. The summed E-state index contributed by atoms with van der Waals surface area (Å²) in [4.78, 5) is 12.7. The molecule has 1 atom stereocenters. The van der Waals surface area contributed by atoms with Crippen LogP contribution in [0.1, 0.15) is 24.0 Å². The molecule has 1 unspecified atom stereocenters. The fourth-order valence-electron chi connectivity index (χ4n) is 3.13. The molecule has 1 fully saturated rings. The number of nitrogens with zero attached hydrogens (tertiary/aromatic N) is 1. The number of carbonyl (C=O) groups excluding carboxylic acids is 1. The molecule has 3 rings (SSSR count). The maximum atomic E-state index is 12.8. The molecule has 1 aromatic heterocycles. The number of halogens is 1. The number of piperidine rings is 1. The molecule has 0 saturated carbocycles. The Morgan fingerprint density at radius 3 is 2.69 bits per heavy atom. The first-order valence-electron chi connectivity index (χ1n) is 8.41. The Kier molecular flexibility index (Phi) is 5.86. The van der Waals surface area contributed by atoms with Crippen molar-refractivity contribution in [2.24, 2.45) is 5.92 Å². The van der Waals surface area contributed by atoms with E-state index in [1.165, 1.54) is 15.6 Å². The number of benzene rings is 1. The van der Waals surface area contributed by atoms with Crippen molar-refractivity contribution in [1.82, 2.24) is 4.31 Å². The topological polar surface area (TPSA) is 66.5 Å². The lowest BCUT2D eigenvalue weighted by molar-refractivity contribution is -0.120. The first-order valence-corrected chi connectivity index (χ1v) is 11.5.